The van der Waals surface area contributed by atoms with Crippen molar-refractivity contribution < 1.29 is 22.6 Å². The number of halogens is 1. The topological polar surface area (TPSA) is 116 Å². The number of amides is 2. The molecule has 1 heterocycles. The second-order valence-electron chi connectivity index (χ2n) is 7.05. The number of anilines is 1. The Kier molecular flexibility index (Phi) is 6.64. The fourth-order valence-corrected chi connectivity index (χ4v) is 4.18. The molecule has 8 nitrogen and oxygen atoms in total. The van der Waals surface area contributed by atoms with Crippen molar-refractivity contribution in [3.8, 4) is 0 Å². The maximum absolute atomic E-state index is 13.0. The standard InChI is InChI=1S/C20H22ClN3O5S/c1-22-20(26)18-11-14-6-7-17(23-30(27,28)29)10-15(14)12-24(18)19(25)8-5-13-3-2-4-16(21)9-13/h2-4,6-7,9-10,18,23H,5,8,11-12H2,1H3,(H,22,26)(H,27,28,29)/t18-/m0/s1. The molecule has 0 spiro atoms. The SMILES string of the molecule is CNC(=O)[C@@H]1Cc2ccc(NS(=O)(=O)O)cc2CN1C(=O)CCc1cccc(Cl)c1. The van der Waals surface area contributed by atoms with Crippen LogP contribution in [0.5, 0.6) is 0 Å². The number of fused-ring (bicyclic) bond motifs is 1. The van der Waals surface area contributed by atoms with Gasteiger partial charge in [0.1, 0.15) is 6.04 Å². The van der Waals surface area contributed by atoms with E-state index in [2.05, 4.69) is 5.32 Å². The van der Waals surface area contributed by atoms with E-state index in [1.807, 2.05) is 16.9 Å². The number of hydrogen-bond donors (Lipinski definition) is 3. The van der Waals surface area contributed by atoms with Gasteiger partial charge in [0.25, 0.3) is 0 Å². The fraction of sp³-hybridized carbons (Fsp3) is 0.300. The van der Waals surface area contributed by atoms with E-state index < -0.39 is 16.3 Å². The second kappa shape index (κ2) is 9.03. The van der Waals surface area contributed by atoms with Gasteiger partial charge in [0.05, 0.1) is 5.69 Å². The molecule has 10 heteroatoms. The zero-order valence-corrected chi connectivity index (χ0v) is 17.8. The lowest BCUT2D eigenvalue weighted by Crippen LogP contribution is -2.52. The molecule has 3 N–H and O–H groups in total. The third-order valence-electron chi connectivity index (χ3n) is 4.97. The highest BCUT2D eigenvalue weighted by atomic mass is 35.5. The van der Waals surface area contributed by atoms with Crippen LogP contribution in [0.3, 0.4) is 0 Å². The van der Waals surface area contributed by atoms with Gasteiger partial charge in [-0.05, 0) is 47.4 Å². The Bertz CT molecular complexity index is 1070. The molecule has 3 rings (SSSR count). The van der Waals surface area contributed by atoms with Crippen molar-refractivity contribution in [2.24, 2.45) is 0 Å². The molecule has 0 bridgehead atoms. The Morgan fingerprint density at radius 2 is 1.97 bits per heavy atom. The minimum atomic E-state index is -4.41. The van der Waals surface area contributed by atoms with Crippen LogP contribution in [0.15, 0.2) is 42.5 Å². The van der Waals surface area contributed by atoms with E-state index in [1.165, 1.54) is 18.0 Å². The summed E-state index contributed by atoms with van der Waals surface area (Å²) in [4.78, 5) is 26.9. The number of aryl methyl sites for hydroxylation is 1. The highest BCUT2D eigenvalue weighted by molar-refractivity contribution is 7.87. The molecule has 1 aliphatic rings. The smallest absolute Gasteiger partial charge is 0.357 e. The number of benzene rings is 2. The molecule has 0 saturated carbocycles. The average molecular weight is 452 g/mol. The van der Waals surface area contributed by atoms with E-state index in [9.17, 15) is 18.0 Å². The van der Waals surface area contributed by atoms with Gasteiger partial charge < -0.3 is 10.2 Å². The van der Waals surface area contributed by atoms with Crippen LogP contribution in [-0.2, 0) is 39.3 Å². The van der Waals surface area contributed by atoms with Crippen molar-refractivity contribution in [2.75, 3.05) is 11.8 Å². The van der Waals surface area contributed by atoms with Crippen LogP contribution in [0, 0.1) is 0 Å². The summed E-state index contributed by atoms with van der Waals surface area (Å²) >= 11 is 5.99. The van der Waals surface area contributed by atoms with Crippen molar-refractivity contribution in [3.63, 3.8) is 0 Å². The van der Waals surface area contributed by atoms with Crippen molar-refractivity contribution in [1.29, 1.82) is 0 Å². The molecule has 0 radical (unpaired) electrons. The van der Waals surface area contributed by atoms with E-state index >= 15 is 0 Å². The van der Waals surface area contributed by atoms with Crippen LogP contribution >= 0.6 is 11.6 Å². The number of nitrogens with zero attached hydrogens (tertiary/aromatic N) is 1. The first-order chi connectivity index (χ1) is 14.2. The monoisotopic (exact) mass is 451 g/mol. The summed E-state index contributed by atoms with van der Waals surface area (Å²) in [5, 5.41) is 3.19. The molecule has 0 aliphatic carbocycles. The summed E-state index contributed by atoms with van der Waals surface area (Å²) in [5.74, 6) is -0.459. The first-order valence-electron chi connectivity index (χ1n) is 9.29. The minimum absolute atomic E-state index is 0.156. The van der Waals surface area contributed by atoms with Gasteiger partial charge in [-0.1, -0.05) is 29.8 Å². The summed E-state index contributed by atoms with van der Waals surface area (Å²) in [5.41, 5.74) is 2.65. The Morgan fingerprint density at radius 1 is 1.20 bits per heavy atom. The van der Waals surface area contributed by atoms with Crippen molar-refractivity contribution in [3.05, 3.63) is 64.2 Å². The normalized spacial score (nSPS) is 16.0. The summed E-state index contributed by atoms with van der Waals surface area (Å²) in [6.45, 7) is 0.156. The zero-order valence-electron chi connectivity index (χ0n) is 16.3. The lowest BCUT2D eigenvalue weighted by atomic mass is 9.92. The van der Waals surface area contributed by atoms with Gasteiger partial charge >= 0.3 is 10.3 Å². The van der Waals surface area contributed by atoms with Gasteiger partial charge in [0.2, 0.25) is 11.8 Å². The third-order valence-corrected chi connectivity index (χ3v) is 5.70. The first kappa shape index (κ1) is 22.1. The van der Waals surface area contributed by atoms with Gasteiger partial charge in [0, 0.05) is 31.5 Å². The Hall–Kier alpha value is -2.62. The molecular weight excluding hydrogens is 430 g/mol. The van der Waals surface area contributed by atoms with Crippen LogP contribution in [0.2, 0.25) is 5.02 Å². The number of nitrogens with one attached hydrogen (secondary N) is 2. The van der Waals surface area contributed by atoms with E-state index in [0.29, 0.717) is 23.4 Å². The average Bonchev–Trinajstić information content (AvgIpc) is 2.69. The van der Waals surface area contributed by atoms with E-state index in [-0.39, 0.29) is 30.5 Å². The van der Waals surface area contributed by atoms with Crippen LogP contribution in [0.25, 0.3) is 0 Å². The van der Waals surface area contributed by atoms with Gasteiger partial charge in [-0.2, -0.15) is 8.42 Å². The van der Waals surface area contributed by atoms with Gasteiger partial charge in [-0.25, -0.2) is 0 Å². The highest BCUT2D eigenvalue weighted by Crippen LogP contribution is 2.27. The number of hydrogen-bond acceptors (Lipinski definition) is 4. The molecule has 160 valence electrons. The lowest BCUT2D eigenvalue weighted by molar-refractivity contribution is -0.141. The first-order valence-corrected chi connectivity index (χ1v) is 11.1. The molecule has 1 atom stereocenters. The molecule has 2 aromatic rings. The summed E-state index contributed by atoms with van der Waals surface area (Å²) < 4.78 is 33.2. The largest absolute Gasteiger partial charge is 0.357 e. The van der Waals surface area contributed by atoms with E-state index in [1.54, 1.807) is 24.3 Å². The zero-order chi connectivity index (χ0) is 21.9. The van der Waals surface area contributed by atoms with Crippen molar-refractivity contribution in [2.45, 2.75) is 31.8 Å². The summed E-state index contributed by atoms with van der Waals surface area (Å²) in [7, 11) is -2.89. The number of likely N-dealkylation sites (N-methyl/N-ethyl adjacent to an activating group) is 1. The molecular formula is C20H22ClN3O5S. The number of carbonyl (C=O) groups is 2. The molecule has 0 saturated heterocycles. The molecule has 0 unspecified atom stereocenters. The van der Waals surface area contributed by atoms with Gasteiger partial charge in [-0.3, -0.25) is 18.9 Å². The summed E-state index contributed by atoms with van der Waals surface area (Å²) in [6, 6.07) is 11.3. The quantitative estimate of drug-likeness (QED) is 0.582. The molecule has 0 aromatic heterocycles. The number of carbonyl (C=O) groups excluding carboxylic acids is 2. The van der Waals surface area contributed by atoms with E-state index in [0.717, 1.165) is 11.1 Å². The van der Waals surface area contributed by atoms with Crippen molar-refractivity contribution >= 4 is 39.4 Å². The van der Waals surface area contributed by atoms with Crippen LogP contribution in [0.4, 0.5) is 5.69 Å². The molecule has 2 amide bonds. The lowest BCUT2D eigenvalue weighted by Gasteiger charge is -2.36. The van der Waals surface area contributed by atoms with Gasteiger partial charge in [0.15, 0.2) is 0 Å². The minimum Gasteiger partial charge on any atom is -0.357 e. The van der Waals surface area contributed by atoms with Crippen LogP contribution in [0.1, 0.15) is 23.1 Å². The maximum atomic E-state index is 13.0. The fourth-order valence-electron chi connectivity index (χ4n) is 3.55. The number of rotatable bonds is 6. The summed E-state index contributed by atoms with van der Waals surface area (Å²) in [6.07, 6.45) is 0.990. The third kappa shape index (κ3) is 5.50. The Balaban J connectivity index is 1.81. The second-order valence-corrected chi connectivity index (χ2v) is 8.64. The molecule has 1 aliphatic heterocycles. The highest BCUT2D eigenvalue weighted by Gasteiger charge is 2.34. The van der Waals surface area contributed by atoms with Crippen molar-refractivity contribution in [1.82, 2.24) is 10.2 Å². The molecule has 2 aromatic carbocycles. The Labute approximate surface area is 180 Å². The van der Waals surface area contributed by atoms with Gasteiger partial charge in [-0.15, -0.1) is 0 Å². The maximum Gasteiger partial charge on any atom is 0.357 e. The predicted molar refractivity (Wildman–Crippen MR) is 113 cm³/mol. The molecule has 30 heavy (non-hydrogen) atoms. The van der Waals surface area contributed by atoms with Crippen LogP contribution in [-0.4, -0.2) is 42.8 Å². The predicted octanol–water partition coefficient (Wildman–Crippen LogP) is 2.19. The van der Waals surface area contributed by atoms with Crippen LogP contribution < -0.4 is 10.0 Å². The molecule has 0 fully saturated rings. The van der Waals surface area contributed by atoms with E-state index in [4.69, 9.17) is 16.2 Å². The Morgan fingerprint density at radius 3 is 2.63 bits per heavy atom.